The maximum Gasteiger partial charge on any atom is 0.310 e. The third-order valence-corrected chi connectivity index (χ3v) is 3.28. The number of ether oxygens (including phenoxy) is 1. The van der Waals surface area contributed by atoms with Crippen LogP contribution >= 0.6 is 0 Å². The fourth-order valence-electron chi connectivity index (χ4n) is 2.27. The minimum atomic E-state index is -0.603. The Morgan fingerprint density at radius 3 is 2.48 bits per heavy atom. The van der Waals surface area contributed by atoms with E-state index in [1.807, 2.05) is 0 Å². The number of hydrogen-bond acceptors (Lipinski definition) is 7. The summed E-state index contributed by atoms with van der Waals surface area (Å²) in [5.41, 5.74) is 0.231. The first-order valence-electron chi connectivity index (χ1n) is 7.35. The summed E-state index contributed by atoms with van der Waals surface area (Å²) in [6, 6.07) is 10.1. The van der Waals surface area contributed by atoms with Crippen LogP contribution in [0.5, 0.6) is 0 Å². The Labute approximate surface area is 142 Å². The first kappa shape index (κ1) is 17.9. The lowest BCUT2D eigenvalue weighted by atomic mass is 10.1. The highest BCUT2D eigenvalue weighted by molar-refractivity contribution is 5.79. The van der Waals surface area contributed by atoms with E-state index in [1.54, 1.807) is 19.1 Å². The molecule has 2 rings (SSSR count). The van der Waals surface area contributed by atoms with E-state index in [9.17, 15) is 25.0 Å². The lowest BCUT2D eigenvalue weighted by Crippen LogP contribution is -2.10. The van der Waals surface area contributed by atoms with Gasteiger partial charge in [0, 0.05) is 23.4 Å². The summed E-state index contributed by atoms with van der Waals surface area (Å²) in [4.78, 5) is 32.8. The molecule has 0 aliphatic carbocycles. The van der Waals surface area contributed by atoms with Crippen LogP contribution in [0.1, 0.15) is 12.5 Å². The Morgan fingerprint density at radius 2 is 1.84 bits per heavy atom. The molecule has 0 aromatic heterocycles. The lowest BCUT2D eigenvalue weighted by Gasteiger charge is -2.10. The molecular weight excluding hydrogens is 330 g/mol. The minimum absolute atomic E-state index is 0.132. The maximum absolute atomic E-state index is 11.6. The summed E-state index contributed by atoms with van der Waals surface area (Å²) < 4.78 is 4.82. The molecule has 130 valence electrons. The number of hydrogen-bond donors (Lipinski definition) is 1. The van der Waals surface area contributed by atoms with Crippen LogP contribution in [-0.4, -0.2) is 22.4 Å². The largest absolute Gasteiger partial charge is 0.466 e. The fraction of sp³-hybridized carbons (Fsp3) is 0.188. The monoisotopic (exact) mass is 345 g/mol. The van der Waals surface area contributed by atoms with Gasteiger partial charge in [0.15, 0.2) is 0 Å². The number of anilines is 2. The van der Waals surface area contributed by atoms with E-state index in [4.69, 9.17) is 4.74 Å². The van der Waals surface area contributed by atoms with E-state index in [-0.39, 0.29) is 35.7 Å². The predicted molar refractivity (Wildman–Crippen MR) is 89.8 cm³/mol. The number of carbonyl (C=O) groups is 1. The molecule has 0 spiro atoms. The van der Waals surface area contributed by atoms with E-state index in [0.717, 1.165) is 0 Å². The molecule has 0 radical (unpaired) electrons. The number of benzene rings is 2. The highest BCUT2D eigenvalue weighted by Crippen LogP contribution is 2.32. The third-order valence-electron chi connectivity index (χ3n) is 3.28. The molecule has 2 aromatic carbocycles. The molecule has 0 aliphatic rings. The summed E-state index contributed by atoms with van der Waals surface area (Å²) in [5.74, 6) is -0.571. The topological polar surface area (TPSA) is 125 Å². The van der Waals surface area contributed by atoms with Crippen LogP contribution in [0.2, 0.25) is 0 Å². The summed E-state index contributed by atoms with van der Waals surface area (Å²) >= 11 is 0. The number of non-ortho nitro benzene ring substituents is 1. The Hall–Kier alpha value is -3.49. The van der Waals surface area contributed by atoms with Gasteiger partial charge in [-0.3, -0.25) is 25.0 Å². The van der Waals surface area contributed by atoms with E-state index in [1.165, 1.54) is 30.3 Å². The molecule has 1 N–H and O–H groups in total. The van der Waals surface area contributed by atoms with Crippen LogP contribution in [0.15, 0.2) is 42.5 Å². The average Bonchev–Trinajstić information content (AvgIpc) is 2.55. The molecule has 0 bridgehead atoms. The fourth-order valence-corrected chi connectivity index (χ4v) is 2.27. The quantitative estimate of drug-likeness (QED) is 0.463. The SMILES string of the molecule is CCOC(=O)Cc1cccc(Nc2cccc([N+](=O)[O-])c2)c1[N+](=O)[O-]. The second-order valence-electron chi connectivity index (χ2n) is 4.98. The van der Waals surface area contributed by atoms with Gasteiger partial charge < -0.3 is 10.1 Å². The number of nitrogens with one attached hydrogen (secondary N) is 1. The molecule has 9 heteroatoms. The van der Waals surface area contributed by atoms with Crippen LogP contribution in [0, 0.1) is 20.2 Å². The van der Waals surface area contributed by atoms with Crippen molar-refractivity contribution in [3.63, 3.8) is 0 Å². The van der Waals surface area contributed by atoms with Gasteiger partial charge in [-0.15, -0.1) is 0 Å². The second-order valence-corrected chi connectivity index (χ2v) is 4.98. The van der Waals surface area contributed by atoms with Gasteiger partial charge in [0.25, 0.3) is 11.4 Å². The highest BCUT2D eigenvalue weighted by Gasteiger charge is 2.22. The molecule has 0 saturated carbocycles. The average molecular weight is 345 g/mol. The number of nitrogens with zero attached hydrogens (tertiary/aromatic N) is 2. The van der Waals surface area contributed by atoms with Crippen molar-refractivity contribution in [2.45, 2.75) is 13.3 Å². The van der Waals surface area contributed by atoms with Crippen molar-refractivity contribution >= 4 is 28.7 Å². The van der Waals surface area contributed by atoms with Crippen molar-refractivity contribution in [3.05, 3.63) is 68.3 Å². The van der Waals surface area contributed by atoms with Crippen LogP contribution in [0.25, 0.3) is 0 Å². The molecule has 0 amide bonds. The molecule has 0 saturated heterocycles. The van der Waals surface area contributed by atoms with Crippen LogP contribution < -0.4 is 5.32 Å². The summed E-state index contributed by atoms with van der Waals surface area (Å²) in [5, 5.41) is 25.1. The highest BCUT2D eigenvalue weighted by atomic mass is 16.6. The van der Waals surface area contributed by atoms with Crippen molar-refractivity contribution in [2.24, 2.45) is 0 Å². The van der Waals surface area contributed by atoms with Crippen molar-refractivity contribution in [2.75, 3.05) is 11.9 Å². The Bertz CT molecular complexity index is 821. The molecule has 0 unspecified atom stereocenters. The standard InChI is InChI=1S/C16H15N3O6/c1-2-25-15(20)9-11-5-3-8-14(16(11)19(23)24)17-12-6-4-7-13(10-12)18(21)22/h3-8,10,17H,2,9H2,1H3. The van der Waals surface area contributed by atoms with Crippen LogP contribution in [0.4, 0.5) is 22.7 Å². The van der Waals surface area contributed by atoms with E-state index in [0.29, 0.717) is 5.69 Å². The Balaban J connectivity index is 2.37. The number of nitro groups is 2. The number of esters is 1. The Morgan fingerprint density at radius 1 is 1.12 bits per heavy atom. The smallest absolute Gasteiger partial charge is 0.310 e. The van der Waals surface area contributed by atoms with E-state index < -0.39 is 15.8 Å². The number of nitro benzene ring substituents is 2. The predicted octanol–water partition coefficient (Wildman–Crippen LogP) is 3.35. The molecule has 0 fully saturated rings. The lowest BCUT2D eigenvalue weighted by molar-refractivity contribution is -0.385. The zero-order chi connectivity index (χ0) is 18.4. The molecular formula is C16H15N3O6. The maximum atomic E-state index is 11.6. The molecule has 9 nitrogen and oxygen atoms in total. The van der Waals surface area contributed by atoms with Gasteiger partial charge in [-0.1, -0.05) is 18.2 Å². The molecule has 0 atom stereocenters. The number of rotatable bonds is 7. The van der Waals surface area contributed by atoms with Gasteiger partial charge in [-0.25, -0.2) is 0 Å². The van der Waals surface area contributed by atoms with Gasteiger partial charge in [-0.2, -0.15) is 0 Å². The first-order chi connectivity index (χ1) is 11.9. The second kappa shape index (κ2) is 7.86. The van der Waals surface area contributed by atoms with Gasteiger partial charge in [0.1, 0.15) is 5.69 Å². The zero-order valence-electron chi connectivity index (χ0n) is 13.3. The van der Waals surface area contributed by atoms with Crippen molar-refractivity contribution in [1.29, 1.82) is 0 Å². The van der Waals surface area contributed by atoms with Gasteiger partial charge >= 0.3 is 5.97 Å². The summed E-state index contributed by atoms with van der Waals surface area (Å²) in [6.45, 7) is 1.82. The van der Waals surface area contributed by atoms with Gasteiger partial charge in [0.2, 0.25) is 0 Å². The van der Waals surface area contributed by atoms with E-state index in [2.05, 4.69) is 5.32 Å². The molecule has 0 heterocycles. The number of para-hydroxylation sites is 1. The summed E-state index contributed by atoms with van der Waals surface area (Å²) in [7, 11) is 0. The van der Waals surface area contributed by atoms with Crippen LogP contribution in [0.3, 0.4) is 0 Å². The summed E-state index contributed by atoms with van der Waals surface area (Å²) in [6.07, 6.45) is -0.241. The molecule has 2 aromatic rings. The van der Waals surface area contributed by atoms with Gasteiger partial charge in [-0.05, 0) is 19.1 Å². The molecule has 25 heavy (non-hydrogen) atoms. The third kappa shape index (κ3) is 4.50. The van der Waals surface area contributed by atoms with E-state index >= 15 is 0 Å². The normalized spacial score (nSPS) is 10.1. The minimum Gasteiger partial charge on any atom is -0.466 e. The van der Waals surface area contributed by atoms with Crippen LogP contribution in [-0.2, 0) is 16.0 Å². The van der Waals surface area contributed by atoms with Gasteiger partial charge in [0.05, 0.1) is 22.9 Å². The van der Waals surface area contributed by atoms with Crippen molar-refractivity contribution in [1.82, 2.24) is 0 Å². The first-order valence-corrected chi connectivity index (χ1v) is 7.35. The number of carbonyl (C=O) groups excluding carboxylic acids is 1. The van der Waals surface area contributed by atoms with Crippen molar-refractivity contribution in [3.8, 4) is 0 Å². The zero-order valence-corrected chi connectivity index (χ0v) is 13.3. The van der Waals surface area contributed by atoms with Crippen molar-refractivity contribution < 1.29 is 19.4 Å². The molecule has 0 aliphatic heterocycles. The Kier molecular flexibility index (Phi) is 5.62.